The van der Waals surface area contributed by atoms with Gasteiger partial charge in [0, 0.05) is 23.9 Å². The van der Waals surface area contributed by atoms with Gasteiger partial charge < -0.3 is 34.9 Å². The maximum atomic E-state index is 12.4. The van der Waals surface area contributed by atoms with Crippen LogP contribution in [-0.4, -0.2) is 82.5 Å². The van der Waals surface area contributed by atoms with Crippen LogP contribution in [0.5, 0.6) is 0 Å². The van der Waals surface area contributed by atoms with Crippen LogP contribution < -0.4 is 17.0 Å². The Labute approximate surface area is 254 Å². The first-order valence-corrected chi connectivity index (χ1v) is 17.2. The van der Waals surface area contributed by atoms with E-state index >= 15 is 0 Å². The van der Waals surface area contributed by atoms with E-state index in [0.29, 0.717) is 5.82 Å². The van der Waals surface area contributed by atoms with Crippen LogP contribution in [0.2, 0.25) is 0 Å². The number of nitrogens with one attached hydrogen (secondary N) is 1. The second kappa shape index (κ2) is 12.4. The number of aromatic nitrogens is 7. The van der Waals surface area contributed by atoms with Crippen LogP contribution in [0.3, 0.4) is 0 Å². The van der Waals surface area contributed by atoms with Crippen molar-refractivity contribution in [3.63, 3.8) is 0 Å². The Balaban J connectivity index is 1.19. The summed E-state index contributed by atoms with van der Waals surface area (Å²) in [5, 5.41) is 0.787. The summed E-state index contributed by atoms with van der Waals surface area (Å²) in [5.74, 6) is 0.332. The van der Waals surface area contributed by atoms with E-state index in [4.69, 9.17) is 46.3 Å². The lowest BCUT2D eigenvalue weighted by Crippen LogP contribution is -2.37. The van der Waals surface area contributed by atoms with Gasteiger partial charge in [-0.25, -0.2) is 15.0 Å². The minimum absolute atomic E-state index is 0.0197. The number of anilines is 2. The molecule has 1 saturated heterocycles. The molecule has 4 aromatic heterocycles. The molecule has 0 amide bonds. The van der Waals surface area contributed by atoms with E-state index in [9.17, 15) is 19.1 Å². The Hall–Kier alpha value is -2.96. The van der Waals surface area contributed by atoms with Gasteiger partial charge in [0.05, 0.1) is 18.3 Å². The van der Waals surface area contributed by atoms with Crippen molar-refractivity contribution < 1.29 is 37.4 Å². The summed E-state index contributed by atoms with van der Waals surface area (Å²) in [5.41, 5.74) is 12.0. The number of imidazole rings is 1. The first-order valence-electron chi connectivity index (χ1n) is 13.5. The molecule has 2 aliphatic rings. The highest BCUT2D eigenvalue weighted by Gasteiger charge is 2.50. The number of methoxy groups -OCH3 is 1. The monoisotopic (exact) mass is 670 g/mol. The zero-order valence-electron chi connectivity index (χ0n) is 23.2. The number of nitrogens with zero attached hydrogens (tertiary/aromatic N) is 6. The van der Waals surface area contributed by atoms with Gasteiger partial charge in [0.2, 0.25) is 5.95 Å². The van der Waals surface area contributed by atoms with Gasteiger partial charge >= 0.3 is 15.0 Å². The van der Waals surface area contributed by atoms with Crippen molar-refractivity contribution in [2.75, 3.05) is 31.8 Å². The van der Waals surface area contributed by atoms with E-state index in [1.165, 1.54) is 24.3 Å². The number of aromatic amines is 1. The molecule has 21 heteroatoms. The third kappa shape index (κ3) is 6.12. The molecule has 0 radical (unpaired) electrons. The minimum atomic E-state index is -3.92. The first kappa shape index (κ1) is 31.0. The molecule has 0 bridgehead atoms. The number of rotatable bonds is 11. The molecule has 236 valence electrons. The maximum Gasteiger partial charge on any atom is 0.694 e. The lowest BCUT2D eigenvalue weighted by Gasteiger charge is -2.28. The molecule has 5 heterocycles. The van der Waals surface area contributed by atoms with Crippen LogP contribution in [0.1, 0.15) is 31.5 Å². The highest BCUT2D eigenvalue weighted by atomic mass is 32.5. The summed E-state index contributed by atoms with van der Waals surface area (Å²) >= 11 is 5.41. The van der Waals surface area contributed by atoms with E-state index in [-0.39, 0.29) is 42.3 Å². The Morgan fingerprint density at radius 1 is 1.20 bits per heavy atom. The molecule has 0 aromatic carbocycles. The minimum Gasteiger partial charge on any atom is -0.383 e. The maximum absolute atomic E-state index is 12.4. The average Bonchev–Trinajstić information content (AvgIpc) is 3.75. The molecule has 1 aliphatic heterocycles. The van der Waals surface area contributed by atoms with Crippen LogP contribution in [0.15, 0.2) is 29.7 Å². The molecule has 1 saturated carbocycles. The quantitative estimate of drug-likeness (QED) is 0.141. The number of nitrogens with two attached hydrogens (primary N) is 2. The fraction of sp³-hybridized carbons (Fsp3) is 0.522. The number of H-pyrrole nitrogens is 1. The number of ether oxygens (including phenoxy) is 2. The molecule has 7 N–H and O–H groups in total. The molecule has 18 nitrogen and oxygen atoms in total. The van der Waals surface area contributed by atoms with Crippen molar-refractivity contribution >= 4 is 60.7 Å². The van der Waals surface area contributed by atoms with Gasteiger partial charge in [-0.3, -0.25) is 18.9 Å². The van der Waals surface area contributed by atoms with Crippen LogP contribution in [0, 0.1) is 5.92 Å². The van der Waals surface area contributed by atoms with Crippen molar-refractivity contribution in [1.82, 2.24) is 34.1 Å². The van der Waals surface area contributed by atoms with Gasteiger partial charge in [-0.2, -0.15) is 4.98 Å². The molecule has 8 atom stereocenters. The molecule has 2 unspecified atom stereocenters. The van der Waals surface area contributed by atoms with Gasteiger partial charge in [-0.15, -0.1) is 9.42 Å². The fourth-order valence-corrected chi connectivity index (χ4v) is 7.60. The highest BCUT2D eigenvalue weighted by Crippen LogP contribution is 2.51. The second-order valence-corrected chi connectivity index (χ2v) is 14.0. The SMILES string of the molecule is CO[C@H]1[C@@H](OP(O)(=S)OC[C@@H]2CC[C@H](n3ccc4c(N)ncnc43)C2)[C@H](n2cnc3c(=O)[nH]c(N)nc32)O[C@@H]1CO[P+](=O)O. The van der Waals surface area contributed by atoms with Crippen molar-refractivity contribution in [3.05, 3.63) is 35.3 Å². The zero-order chi connectivity index (χ0) is 31.2. The van der Waals surface area contributed by atoms with Gasteiger partial charge in [0.25, 0.3) is 5.56 Å². The first-order chi connectivity index (χ1) is 21.0. The molecular formula is C23H30N9O9P2S+. The van der Waals surface area contributed by atoms with E-state index in [0.717, 1.165) is 30.3 Å². The number of fused-ring (bicyclic) bond motifs is 2. The molecule has 2 fully saturated rings. The molecule has 1 aliphatic carbocycles. The topological polar surface area (TPSA) is 250 Å². The Morgan fingerprint density at radius 3 is 2.80 bits per heavy atom. The van der Waals surface area contributed by atoms with Crippen LogP contribution >= 0.6 is 15.0 Å². The molecular weight excluding hydrogens is 640 g/mol. The van der Waals surface area contributed by atoms with E-state index < -0.39 is 45.1 Å². The predicted octanol–water partition coefficient (Wildman–Crippen LogP) is 1.27. The second-order valence-electron chi connectivity index (χ2n) is 10.5. The predicted molar refractivity (Wildman–Crippen MR) is 159 cm³/mol. The van der Waals surface area contributed by atoms with Crippen LogP contribution in [-0.2, 0) is 39.4 Å². The normalized spacial score (nSPS) is 27.3. The summed E-state index contributed by atoms with van der Waals surface area (Å²) in [6, 6.07) is 2.04. The third-order valence-corrected chi connectivity index (χ3v) is 9.74. The summed E-state index contributed by atoms with van der Waals surface area (Å²) in [7, 11) is -1.57. The largest absolute Gasteiger partial charge is 0.694 e. The average molecular weight is 671 g/mol. The Bertz CT molecular complexity index is 1800. The zero-order valence-corrected chi connectivity index (χ0v) is 25.8. The Morgan fingerprint density at radius 2 is 2.02 bits per heavy atom. The Kier molecular flexibility index (Phi) is 8.78. The van der Waals surface area contributed by atoms with Crippen LogP contribution in [0.4, 0.5) is 11.8 Å². The van der Waals surface area contributed by atoms with E-state index in [2.05, 4.69) is 29.5 Å². The van der Waals surface area contributed by atoms with Crippen LogP contribution in [0.25, 0.3) is 22.2 Å². The van der Waals surface area contributed by atoms with Crippen molar-refractivity contribution in [2.24, 2.45) is 5.92 Å². The molecule has 6 rings (SSSR count). The van der Waals surface area contributed by atoms with Crippen molar-refractivity contribution in [2.45, 2.75) is 49.8 Å². The van der Waals surface area contributed by atoms with Gasteiger partial charge in [0.15, 0.2) is 17.4 Å². The van der Waals surface area contributed by atoms with Gasteiger partial charge in [-0.05, 0) is 43.1 Å². The fourth-order valence-electron chi connectivity index (χ4n) is 5.85. The molecule has 4 aromatic rings. The third-order valence-electron chi connectivity index (χ3n) is 7.81. The summed E-state index contributed by atoms with van der Waals surface area (Å²) in [4.78, 5) is 51.8. The summed E-state index contributed by atoms with van der Waals surface area (Å²) < 4.78 is 43.1. The van der Waals surface area contributed by atoms with Gasteiger partial charge in [-0.1, -0.05) is 0 Å². The number of nitrogen functional groups attached to an aromatic ring is 2. The van der Waals surface area contributed by atoms with Gasteiger partial charge in [0.1, 0.15) is 42.7 Å². The van der Waals surface area contributed by atoms with E-state index in [1.54, 1.807) is 0 Å². The number of hydrogen-bond donors (Lipinski definition) is 5. The standard InChI is InChI=1S/C23H29N9O9P2S/c1-37-16-14(8-38-42(34)35)40-22(32-10-28-15-20(32)29-23(25)30-21(15)33)17(16)41-43(36,44)39-7-11-2-3-12(6-11)31-5-4-13-18(24)26-9-27-19(13)31/h4-5,9-12,14,16-17,22H,2-3,6-8H2,1H3,(H6-,24,25,26,27,29,30,33,34,35,36,44)/p+1/t11-,12+,14-,16-,17-,22-,43?/m1/s1. The lowest BCUT2D eigenvalue weighted by atomic mass is 10.1. The molecule has 0 spiro atoms. The highest BCUT2D eigenvalue weighted by molar-refractivity contribution is 8.07. The van der Waals surface area contributed by atoms with Crippen molar-refractivity contribution in [1.29, 1.82) is 0 Å². The smallest absolute Gasteiger partial charge is 0.383 e. The van der Waals surface area contributed by atoms with Crippen molar-refractivity contribution in [3.8, 4) is 0 Å². The lowest BCUT2D eigenvalue weighted by molar-refractivity contribution is -0.0490. The van der Waals surface area contributed by atoms with E-state index in [1.807, 2.05) is 12.3 Å². The number of hydrogen-bond acceptors (Lipinski definition) is 14. The summed E-state index contributed by atoms with van der Waals surface area (Å²) in [6.45, 7) is -4.14. The molecule has 44 heavy (non-hydrogen) atoms. The summed E-state index contributed by atoms with van der Waals surface area (Å²) in [6.07, 6.45) is 2.96.